The predicted octanol–water partition coefficient (Wildman–Crippen LogP) is 2.97. The lowest BCUT2D eigenvalue weighted by Gasteiger charge is -2.04. The van der Waals surface area contributed by atoms with Gasteiger partial charge in [-0.15, -0.1) is 20.4 Å². The Bertz CT molecular complexity index is 843. The first-order valence-corrected chi connectivity index (χ1v) is 8.90. The smallest absolute Gasteiger partial charge is 0.226 e. The average molecular weight is 393 g/mol. The molecule has 4 rings (SSSR count). The van der Waals surface area contributed by atoms with Gasteiger partial charge in [-0.05, 0) is 25.0 Å². The number of nitrogens with two attached hydrogens (primary N) is 1. The fourth-order valence-electron chi connectivity index (χ4n) is 2.15. The first kappa shape index (κ1) is 14.7. The molecule has 118 valence electrons. The second-order valence-corrected chi connectivity index (χ2v) is 7.05. The molecule has 1 saturated carbocycles. The molecule has 3 aromatic rings. The van der Waals surface area contributed by atoms with Crippen LogP contribution in [0.15, 0.2) is 38.3 Å². The molecular weight excluding hydrogens is 380 g/mol. The van der Waals surface area contributed by atoms with Crippen molar-refractivity contribution < 1.29 is 4.42 Å². The highest BCUT2D eigenvalue weighted by molar-refractivity contribution is 9.10. The highest BCUT2D eigenvalue weighted by Crippen LogP contribution is 2.39. The Morgan fingerprint density at radius 3 is 2.83 bits per heavy atom. The quantitative estimate of drug-likeness (QED) is 0.526. The van der Waals surface area contributed by atoms with Crippen LogP contribution in [0, 0.1) is 0 Å². The second kappa shape index (κ2) is 5.97. The van der Waals surface area contributed by atoms with Gasteiger partial charge in [-0.25, -0.2) is 4.68 Å². The lowest BCUT2D eigenvalue weighted by Crippen LogP contribution is -2.11. The molecule has 0 saturated heterocycles. The Morgan fingerprint density at radius 2 is 2.04 bits per heavy atom. The third kappa shape index (κ3) is 2.98. The Balaban J connectivity index is 1.50. The van der Waals surface area contributed by atoms with Crippen LogP contribution < -0.4 is 5.84 Å². The molecule has 0 unspecified atom stereocenters. The molecule has 2 heterocycles. The van der Waals surface area contributed by atoms with Crippen LogP contribution in [0.5, 0.6) is 0 Å². The maximum atomic E-state index is 6.12. The minimum Gasteiger partial charge on any atom is -0.424 e. The van der Waals surface area contributed by atoms with Crippen molar-refractivity contribution in [1.82, 2.24) is 25.1 Å². The van der Waals surface area contributed by atoms with Crippen LogP contribution in [0.1, 0.15) is 30.5 Å². The van der Waals surface area contributed by atoms with E-state index in [9.17, 15) is 0 Å². The average Bonchev–Trinajstić information content (AvgIpc) is 3.19. The van der Waals surface area contributed by atoms with Crippen molar-refractivity contribution in [2.75, 3.05) is 5.84 Å². The molecule has 0 spiro atoms. The molecule has 1 aliphatic rings. The van der Waals surface area contributed by atoms with E-state index in [-0.39, 0.29) is 0 Å². The summed E-state index contributed by atoms with van der Waals surface area (Å²) in [6.45, 7) is 0. The topological polar surface area (TPSA) is 95.7 Å². The van der Waals surface area contributed by atoms with Crippen molar-refractivity contribution in [3.63, 3.8) is 0 Å². The molecule has 1 aromatic carbocycles. The minimum absolute atomic E-state index is 0.460. The highest BCUT2D eigenvalue weighted by Gasteiger charge is 2.29. The zero-order valence-corrected chi connectivity index (χ0v) is 14.4. The third-order valence-electron chi connectivity index (χ3n) is 3.51. The highest BCUT2D eigenvalue weighted by atomic mass is 79.9. The molecule has 9 heteroatoms. The van der Waals surface area contributed by atoms with Gasteiger partial charge in [0.15, 0.2) is 5.82 Å². The van der Waals surface area contributed by atoms with E-state index in [2.05, 4.69) is 36.3 Å². The number of hydrogen-bond donors (Lipinski definition) is 1. The van der Waals surface area contributed by atoms with Gasteiger partial charge < -0.3 is 10.3 Å². The number of aromatic nitrogens is 5. The zero-order valence-electron chi connectivity index (χ0n) is 12.0. The Kier molecular flexibility index (Phi) is 3.82. The van der Waals surface area contributed by atoms with Gasteiger partial charge in [-0.1, -0.05) is 39.8 Å². The Hall–Kier alpha value is -1.87. The maximum Gasteiger partial charge on any atom is 0.226 e. The van der Waals surface area contributed by atoms with Crippen LogP contribution in [0.3, 0.4) is 0 Å². The van der Waals surface area contributed by atoms with Gasteiger partial charge in [0, 0.05) is 16.0 Å². The van der Waals surface area contributed by atoms with Crippen molar-refractivity contribution in [2.45, 2.75) is 29.7 Å². The third-order valence-corrected chi connectivity index (χ3v) is 5.13. The van der Waals surface area contributed by atoms with Crippen LogP contribution in [0.4, 0.5) is 0 Å². The molecule has 7 nitrogen and oxygen atoms in total. The fraction of sp³-hybridized carbons (Fsp3) is 0.286. The summed E-state index contributed by atoms with van der Waals surface area (Å²) in [7, 11) is 0. The first-order valence-electron chi connectivity index (χ1n) is 7.13. The van der Waals surface area contributed by atoms with Crippen LogP contribution in [-0.2, 0) is 5.75 Å². The SMILES string of the molecule is Nn1c(SCc2nnc(C3CC3)o2)nnc1-c1ccccc1Br. The van der Waals surface area contributed by atoms with Gasteiger partial charge in [-0.2, -0.15) is 0 Å². The Morgan fingerprint density at radius 1 is 1.22 bits per heavy atom. The molecule has 0 radical (unpaired) electrons. The first-order chi connectivity index (χ1) is 11.2. The molecule has 0 bridgehead atoms. The summed E-state index contributed by atoms with van der Waals surface area (Å²) in [5.41, 5.74) is 0.892. The minimum atomic E-state index is 0.460. The van der Waals surface area contributed by atoms with Gasteiger partial charge in [0.2, 0.25) is 16.9 Å². The molecule has 23 heavy (non-hydrogen) atoms. The van der Waals surface area contributed by atoms with E-state index in [1.165, 1.54) is 16.4 Å². The van der Waals surface area contributed by atoms with Gasteiger partial charge >= 0.3 is 0 Å². The number of hydrogen-bond acceptors (Lipinski definition) is 7. The van der Waals surface area contributed by atoms with Crippen LogP contribution in [0.25, 0.3) is 11.4 Å². The van der Waals surface area contributed by atoms with Crippen LogP contribution >= 0.6 is 27.7 Å². The molecule has 2 aromatic heterocycles. The van der Waals surface area contributed by atoms with E-state index in [1.54, 1.807) is 0 Å². The largest absolute Gasteiger partial charge is 0.424 e. The summed E-state index contributed by atoms with van der Waals surface area (Å²) in [4.78, 5) is 0. The summed E-state index contributed by atoms with van der Waals surface area (Å²) < 4.78 is 8.02. The van der Waals surface area contributed by atoms with Crippen molar-refractivity contribution in [3.8, 4) is 11.4 Å². The van der Waals surface area contributed by atoms with E-state index in [4.69, 9.17) is 10.3 Å². The summed E-state index contributed by atoms with van der Waals surface area (Å²) in [6, 6.07) is 7.74. The summed E-state index contributed by atoms with van der Waals surface area (Å²) in [5, 5.41) is 17.0. The number of halogens is 1. The van der Waals surface area contributed by atoms with Gasteiger partial charge in [-0.3, -0.25) is 0 Å². The number of benzene rings is 1. The van der Waals surface area contributed by atoms with Gasteiger partial charge in [0.05, 0.1) is 5.75 Å². The number of nitrogens with zero attached hydrogens (tertiary/aromatic N) is 5. The lowest BCUT2D eigenvalue weighted by molar-refractivity contribution is 0.466. The van der Waals surface area contributed by atoms with Crippen molar-refractivity contribution >= 4 is 27.7 Å². The zero-order chi connectivity index (χ0) is 15.8. The second-order valence-electron chi connectivity index (χ2n) is 5.25. The van der Waals surface area contributed by atoms with E-state index >= 15 is 0 Å². The van der Waals surface area contributed by atoms with E-state index in [0.717, 1.165) is 28.8 Å². The normalized spacial score (nSPS) is 14.3. The molecule has 0 aliphatic heterocycles. The van der Waals surface area contributed by atoms with Gasteiger partial charge in [0.25, 0.3) is 0 Å². The fourth-order valence-corrected chi connectivity index (χ4v) is 3.30. The summed E-state index contributed by atoms with van der Waals surface area (Å²) in [5.74, 6) is 9.02. The number of nitrogen functional groups attached to an aromatic ring is 1. The van der Waals surface area contributed by atoms with Gasteiger partial charge in [0.1, 0.15) is 0 Å². The summed E-state index contributed by atoms with van der Waals surface area (Å²) >= 11 is 4.92. The lowest BCUT2D eigenvalue weighted by atomic mass is 10.2. The Labute approximate surface area is 144 Å². The molecular formula is C14H13BrN6OS. The standard InChI is InChI=1S/C14H13BrN6OS/c15-10-4-2-1-3-9(10)12-18-20-14(21(12)16)23-7-11-17-19-13(22-11)8-5-6-8/h1-4,8H,5-7,16H2. The maximum absolute atomic E-state index is 6.12. The van der Waals surface area contributed by atoms with Crippen molar-refractivity contribution in [2.24, 2.45) is 0 Å². The van der Waals surface area contributed by atoms with Crippen LogP contribution in [0.2, 0.25) is 0 Å². The monoisotopic (exact) mass is 392 g/mol. The number of rotatable bonds is 5. The molecule has 1 aliphatic carbocycles. The van der Waals surface area contributed by atoms with E-state index in [1.807, 2.05) is 24.3 Å². The summed E-state index contributed by atoms with van der Waals surface area (Å²) in [6.07, 6.45) is 2.28. The van der Waals surface area contributed by atoms with Crippen molar-refractivity contribution in [3.05, 3.63) is 40.5 Å². The van der Waals surface area contributed by atoms with Crippen molar-refractivity contribution in [1.29, 1.82) is 0 Å². The molecule has 1 fully saturated rings. The molecule has 0 atom stereocenters. The molecule has 2 N–H and O–H groups in total. The van der Waals surface area contributed by atoms with Crippen LogP contribution in [-0.4, -0.2) is 25.1 Å². The molecule has 0 amide bonds. The predicted molar refractivity (Wildman–Crippen MR) is 89.1 cm³/mol. The number of thioether (sulfide) groups is 1. The van der Waals surface area contributed by atoms with E-state index in [0.29, 0.717) is 28.5 Å². The van der Waals surface area contributed by atoms with E-state index < -0.39 is 0 Å².